The molecule has 0 aliphatic rings. The number of halogens is 1. The first-order valence-corrected chi connectivity index (χ1v) is 9.17. The number of carbonyl (C=O) groups is 2. The number of benzene rings is 2. The van der Waals surface area contributed by atoms with Gasteiger partial charge in [0.25, 0.3) is 0 Å². The average Bonchev–Trinajstić information content (AvgIpc) is 2.58. The van der Waals surface area contributed by atoms with Gasteiger partial charge in [-0.05, 0) is 37.7 Å². The minimum absolute atomic E-state index is 0.0358. The van der Waals surface area contributed by atoms with Gasteiger partial charge in [-0.2, -0.15) is 0 Å². The number of hydrogen-bond acceptors (Lipinski definition) is 3. The third kappa shape index (κ3) is 6.28. The van der Waals surface area contributed by atoms with Gasteiger partial charge in [-0.3, -0.25) is 14.5 Å². The van der Waals surface area contributed by atoms with Crippen LogP contribution in [0.25, 0.3) is 0 Å². The zero-order chi connectivity index (χ0) is 19.1. The summed E-state index contributed by atoms with van der Waals surface area (Å²) in [6.45, 7) is 2.85. The predicted molar refractivity (Wildman–Crippen MR) is 108 cm³/mol. The highest BCUT2D eigenvalue weighted by Crippen LogP contribution is 2.17. The predicted octanol–water partition coefficient (Wildman–Crippen LogP) is 3.29. The van der Waals surface area contributed by atoms with Crippen molar-refractivity contribution >= 4 is 33.4 Å². The molecule has 1 N–H and O–H groups in total. The lowest BCUT2D eigenvalue weighted by Crippen LogP contribution is -2.39. The van der Waals surface area contributed by atoms with Crippen molar-refractivity contribution in [3.05, 3.63) is 64.1 Å². The highest BCUT2D eigenvalue weighted by molar-refractivity contribution is 9.10. The minimum Gasteiger partial charge on any atom is -0.340 e. The van der Waals surface area contributed by atoms with Crippen LogP contribution in [0.2, 0.25) is 0 Å². The van der Waals surface area contributed by atoms with Gasteiger partial charge in [0.1, 0.15) is 0 Å². The van der Waals surface area contributed by atoms with E-state index in [0.29, 0.717) is 6.54 Å². The summed E-state index contributed by atoms with van der Waals surface area (Å²) in [4.78, 5) is 27.9. The zero-order valence-corrected chi connectivity index (χ0v) is 16.9. The van der Waals surface area contributed by atoms with Crippen LogP contribution in [-0.4, -0.2) is 48.8 Å². The molecular weight excluding hydrogens is 394 g/mol. The summed E-state index contributed by atoms with van der Waals surface area (Å²) < 4.78 is 0.977. The van der Waals surface area contributed by atoms with E-state index in [1.807, 2.05) is 55.5 Å². The van der Waals surface area contributed by atoms with E-state index >= 15 is 0 Å². The third-order valence-electron chi connectivity index (χ3n) is 3.95. The molecule has 26 heavy (non-hydrogen) atoms. The van der Waals surface area contributed by atoms with E-state index in [-0.39, 0.29) is 24.9 Å². The Morgan fingerprint density at radius 3 is 2.31 bits per heavy atom. The van der Waals surface area contributed by atoms with E-state index in [4.69, 9.17) is 0 Å². The molecule has 0 radical (unpaired) electrons. The average molecular weight is 418 g/mol. The number of carbonyl (C=O) groups excluding carboxylic acids is 2. The molecule has 138 valence electrons. The first-order chi connectivity index (χ1) is 12.3. The maximum absolute atomic E-state index is 12.4. The highest BCUT2D eigenvalue weighted by Gasteiger charge is 2.15. The van der Waals surface area contributed by atoms with Crippen LogP contribution in [0.5, 0.6) is 0 Å². The standard InChI is InChI=1S/C20H24BrN3O2/c1-15-8-10-17(11-9-15)22-19(25)13-23(2)14-20(26)24(3)12-16-6-4-5-7-18(16)21/h4-11H,12-14H2,1-3H3,(H,22,25). The van der Waals surface area contributed by atoms with Crippen LogP contribution in [-0.2, 0) is 16.1 Å². The molecule has 0 unspecified atom stereocenters. The van der Waals surface area contributed by atoms with Crippen LogP contribution in [0.15, 0.2) is 53.0 Å². The quantitative estimate of drug-likeness (QED) is 0.751. The zero-order valence-electron chi connectivity index (χ0n) is 15.3. The topological polar surface area (TPSA) is 52.7 Å². The summed E-state index contributed by atoms with van der Waals surface area (Å²) in [5, 5.41) is 2.84. The minimum atomic E-state index is -0.141. The number of likely N-dealkylation sites (N-methyl/N-ethyl adjacent to an activating group) is 2. The van der Waals surface area contributed by atoms with Crippen LogP contribution in [0, 0.1) is 6.92 Å². The maximum atomic E-state index is 12.4. The van der Waals surface area contributed by atoms with Gasteiger partial charge >= 0.3 is 0 Å². The Bertz CT molecular complexity index is 762. The SMILES string of the molecule is Cc1ccc(NC(=O)CN(C)CC(=O)N(C)Cc2ccccc2Br)cc1. The molecule has 0 aliphatic carbocycles. The summed E-state index contributed by atoms with van der Waals surface area (Å²) in [6.07, 6.45) is 0. The normalized spacial score (nSPS) is 10.7. The number of hydrogen-bond donors (Lipinski definition) is 1. The fourth-order valence-corrected chi connectivity index (χ4v) is 2.87. The van der Waals surface area contributed by atoms with E-state index in [2.05, 4.69) is 21.2 Å². The fourth-order valence-electron chi connectivity index (χ4n) is 2.46. The van der Waals surface area contributed by atoms with Gasteiger partial charge in [-0.1, -0.05) is 51.8 Å². The van der Waals surface area contributed by atoms with Gasteiger partial charge in [0.2, 0.25) is 11.8 Å². The van der Waals surface area contributed by atoms with Crippen molar-refractivity contribution in [2.75, 3.05) is 32.5 Å². The summed E-state index contributed by atoms with van der Waals surface area (Å²) in [5.74, 6) is -0.177. The molecule has 0 spiro atoms. The van der Waals surface area contributed by atoms with E-state index in [0.717, 1.165) is 21.3 Å². The van der Waals surface area contributed by atoms with Crippen LogP contribution in [0.1, 0.15) is 11.1 Å². The lowest BCUT2D eigenvalue weighted by Gasteiger charge is -2.22. The second-order valence-electron chi connectivity index (χ2n) is 6.43. The van der Waals surface area contributed by atoms with Crippen molar-refractivity contribution in [2.24, 2.45) is 0 Å². The van der Waals surface area contributed by atoms with Gasteiger partial charge < -0.3 is 10.2 Å². The molecule has 0 aromatic heterocycles. The van der Waals surface area contributed by atoms with E-state index in [1.165, 1.54) is 0 Å². The van der Waals surface area contributed by atoms with Crippen LogP contribution < -0.4 is 5.32 Å². The molecule has 0 saturated carbocycles. The Balaban J connectivity index is 1.81. The molecular formula is C20H24BrN3O2. The van der Waals surface area contributed by atoms with Crippen molar-refractivity contribution in [3.63, 3.8) is 0 Å². The Kier molecular flexibility index (Phi) is 7.36. The van der Waals surface area contributed by atoms with Gasteiger partial charge in [-0.15, -0.1) is 0 Å². The van der Waals surface area contributed by atoms with E-state index in [9.17, 15) is 9.59 Å². The second-order valence-corrected chi connectivity index (χ2v) is 7.28. The lowest BCUT2D eigenvalue weighted by atomic mass is 10.2. The molecule has 0 aliphatic heterocycles. The maximum Gasteiger partial charge on any atom is 0.238 e. The molecule has 0 fully saturated rings. The molecule has 6 heteroatoms. The summed E-state index contributed by atoms with van der Waals surface area (Å²) in [7, 11) is 3.53. The van der Waals surface area contributed by atoms with Crippen LogP contribution in [0.4, 0.5) is 5.69 Å². The van der Waals surface area contributed by atoms with Crippen molar-refractivity contribution in [1.82, 2.24) is 9.80 Å². The Labute approximate surface area is 163 Å². The van der Waals surface area contributed by atoms with Gasteiger partial charge in [0.05, 0.1) is 13.1 Å². The molecule has 0 saturated heterocycles. The van der Waals surface area contributed by atoms with Crippen LogP contribution in [0.3, 0.4) is 0 Å². The second kappa shape index (κ2) is 9.50. The number of anilines is 1. The summed E-state index contributed by atoms with van der Waals surface area (Å²) in [5.41, 5.74) is 2.94. The molecule has 2 aromatic carbocycles. The van der Waals surface area contributed by atoms with Gasteiger partial charge in [0.15, 0.2) is 0 Å². The largest absolute Gasteiger partial charge is 0.340 e. The number of rotatable bonds is 7. The molecule has 0 heterocycles. The molecule has 2 aromatic rings. The molecule has 5 nitrogen and oxygen atoms in total. The van der Waals surface area contributed by atoms with Gasteiger partial charge in [-0.25, -0.2) is 0 Å². The van der Waals surface area contributed by atoms with Crippen molar-refractivity contribution in [2.45, 2.75) is 13.5 Å². The van der Waals surface area contributed by atoms with Crippen molar-refractivity contribution < 1.29 is 9.59 Å². The van der Waals surface area contributed by atoms with Crippen molar-refractivity contribution in [1.29, 1.82) is 0 Å². The van der Waals surface area contributed by atoms with E-state index in [1.54, 1.807) is 23.9 Å². The monoisotopic (exact) mass is 417 g/mol. The molecule has 2 rings (SSSR count). The van der Waals surface area contributed by atoms with Crippen molar-refractivity contribution in [3.8, 4) is 0 Å². The summed E-state index contributed by atoms with van der Waals surface area (Å²) >= 11 is 3.49. The highest BCUT2D eigenvalue weighted by atomic mass is 79.9. The number of nitrogens with one attached hydrogen (secondary N) is 1. The third-order valence-corrected chi connectivity index (χ3v) is 4.72. The first-order valence-electron chi connectivity index (χ1n) is 8.37. The first kappa shape index (κ1) is 20.1. The smallest absolute Gasteiger partial charge is 0.238 e. The number of nitrogens with zero attached hydrogens (tertiary/aromatic N) is 2. The molecule has 2 amide bonds. The van der Waals surface area contributed by atoms with Gasteiger partial charge in [0, 0.05) is 23.8 Å². The fraction of sp³-hybridized carbons (Fsp3) is 0.300. The molecule has 0 bridgehead atoms. The Morgan fingerprint density at radius 2 is 1.65 bits per heavy atom. The molecule has 0 atom stereocenters. The summed E-state index contributed by atoms with van der Waals surface area (Å²) in [6, 6.07) is 15.4. The number of amides is 2. The number of aryl methyl sites for hydroxylation is 1. The Morgan fingerprint density at radius 1 is 1.00 bits per heavy atom. The lowest BCUT2D eigenvalue weighted by molar-refractivity contribution is -0.131. The van der Waals surface area contributed by atoms with Crippen LogP contribution >= 0.6 is 15.9 Å². The van der Waals surface area contributed by atoms with E-state index < -0.39 is 0 Å². The Hall–Kier alpha value is -2.18.